The van der Waals surface area contributed by atoms with Gasteiger partial charge in [0.1, 0.15) is 5.54 Å². The predicted molar refractivity (Wildman–Crippen MR) is 67.1 cm³/mol. The number of aromatic nitrogens is 2. The third kappa shape index (κ3) is 2.02. The number of anilines is 1. The molecule has 0 aromatic carbocycles. The number of hydrogen-bond acceptors (Lipinski definition) is 5. The van der Waals surface area contributed by atoms with Crippen molar-refractivity contribution in [2.24, 2.45) is 7.05 Å². The first-order valence-electron chi connectivity index (χ1n) is 6.04. The number of imidazole rings is 1. The molecule has 0 spiro atoms. The number of aryl methyl sites for hydroxylation is 1. The van der Waals surface area contributed by atoms with Gasteiger partial charge in [-0.15, -0.1) is 0 Å². The Hall–Kier alpha value is -2.12. The number of carboxylic acid groups (broad SMARTS) is 1. The van der Waals surface area contributed by atoms with Gasteiger partial charge in [-0.3, -0.25) is 4.57 Å². The number of carboxylic acids is 1. The Labute approximate surface area is 109 Å². The maximum Gasteiger partial charge on any atom is 0.406 e. The molecular weight excluding hydrogens is 252 g/mol. The molecule has 8 heteroatoms. The highest BCUT2D eigenvalue weighted by molar-refractivity contribution is 5.84. The van der Waals surface area contributed by atoms with Crippen LogP contribution in [0, 0.1) is 10.1 Å². The Balaban J connectivity index is 2.52. The van der Waals surface area contributed by atoms with Crippen LogP contribution in [0.5, 0.6) is 0 Å². The van der Waals surface area contributed by atoms with Gasteiger partial charge in [0.25, 0.3) is 0 Å². The molecule has 0 saturated carbocycles. The Morgan fingerprint density at radius 3 is 2.84 bits per heavy atom. The van der Waals surface area contributed by atoms with Gasteiger partial charge in [-0.2, -0.15) is 0 Å². The zero-order valence-electron chi connectivity index (χ0n) is 10.9. The van der Waals surface area contributed by atoms with Crippen molar-refractivity contribution in [3.63, 3.8) is 0 Å². The van der Waals surface area contributed by atoms with Gasteiger partial charge >= 0.3 is 11.8 Å². The zero-order valence-corrected chi connectivity index (χ0v) is 10.9. The van der Waals surface area contributed by atoms with Crippen LogP contribution in [0.2, 0.25) is 0 Å². The van der Waals surface area contributed by atoms with Crippen molar-refractivity contribution in [2.75, 3.05) is 11.4 Å². The molecule has 0 amide bonds. The van der Waals surface area contributed by atoms with Crippen molar-refractivity contribution in [3.8, 4) is 0 Å². The average Bonchev–Trinajstić information content (AvgIpc) is 2.71. The van der Waals surface area contributed by atoms with E-state index in [1.165, 1.54) is 10.9 Å². The van der Waals surface area contributed by atoms with E-state index < -0.39 is 16.4 Å². The molecule has 2 heterocycles. The maximum atomic E-state index is 11.5. The molecule has 1 aromatic rings. The lowest BCUT2D eigenvalue weighted by Gasteiger charge is -2.42. The SMILES string of the molecule is Cn1cnc([N+](=O)[O-])c1N1CCCCC1(C)C(=O)O. The minimum Gasteiger partial charge on any atom is -0.480 e. The number of rotatable bonds is 3. The minimum atomic E-state index is -1.13. The van der Waals surface area contributed by atoms with Crippen molar-refractivity contribution >= 4 is 17.6 Å². The molecule has 2 rings (SSSR count). The van der Waals surface area contributed by atoms with Gasteiger partial charge in [0.15, 0.2) is 0 Å². The van der Waals surface area contributed by atoms with E-state index in [9.17, 15) is 20.0 Å². The molecule has 8 nitrogen and oxygen atoms in total. The van der Waals surface area contributed by atoms with Gasteiger partial charge in [-0.25, -0.2) is 4.79 Å². The summed E-state index contributed by atoms with van der Waals surface area (Å²) < 4.78 is 1.50. The Kier molecular flexibility index (Phi) is 3.17. The van der Waals surface area contributed by atoms with Crippen molar-refractivity contribution in [1.29, 1.82) is 0 Å². The summed E-state index contributed by atoms with van der Waals surface area (Å²) in [7, 11) is 1.63. The predicted octanol–water partition coefficient (Wildman–Crippen LogP) is 1.16. The second-order valence-electron chi connectivity index (χ2n) is 4.95. The fourth-order valence-electron chi connectivity index (χ4n) is 2.53. The Morgan fingerprint density at radius 2 is 2.26 bits per heavy atom. The minimum absolute atomic E-state index is 0.259. The van der Waals surface area contributed by atoms with Gasteiger partial charge in [0.05, 0.1) is 0 Å². The van der Waals surface area contributed by atoms with Crippen LogP contribution in [-0.2, 0) is 11.8 Å². The van der Waals surface area contributed by atoms with E-state index in [-0.39, 0.29) is 11.6 Å². The van der Waals surface area contributed by atoms with Crippen LogP contribution in [0.25, 0.3) is 0 Å². The van der Waals surface area contributed by atoms with Crippen molar-refractivity contribution in [1.82, 2.24) is 9.55 Å². The number of nitro groups is 1. The smallest absolute Gasteiger partial charge is 0.406 e. The third-order valence-electron chi connectivity index (χ3n) is 3.67. The Bertz CT molecular complexity index is 527. The molecular formula is C11H16N4O4. The van der Waals surface area contributed by atoms with E-state index in [1.54, 1.807) is 18.9 Å². The fraction of sp³-hybridized carbons (Fsp3) is 0.636. The maximum absolute atomic E-state index is 11.5. The largest absolute Gasteiger partial charge is 0.480 e. The second kappa shape index (κ2) is 4.52. The molecule has 19 heavy (non-hydrogen) atoms. The molecule has 0 bridgehead atoms. The van der Waals surface area contributed by atoms with Crippen LogP contribution < -0.4 is 4.90 Å². The third-order valence-corrected chi connectivity index (χ3v) is 3.67. The van der Waals surface area contributed by atoms with Gasteiger partial charge < -0.3 is 20.1 Å². The number of carbonyl (C=O) groups is 1. The summed E-state index contributed by atoms with van der Waals surface area (Å²) in [5.41, 5.74) is -1.13. The molecule has 1 unspecified atom stereocenters. The van der Waals surface area contributed by atoms with Crippen LogP contribution in [0.15, 0.2) is 6.33 Å². The van der Waals surface area contributed by atoms with Crippen LogP contribution in [0.1, 0.15) is 26.2 Å². The fourth-order valence-corrected chi connectivity index (χ4v) is 2.53. The zero-order chi connectivity index (χ0) is 14.2. The van der Waals surface area contributed by atoms with E-state index in [0.29, 0.717) is 13.0 Å². The Morgan fingerprint density at radius 1 is 1.58 bits per heavy atom. The molecule has 1 aliphatic rings. The quantitative estimate of drug-likeness (QED) is 0.652. The lowest BCUT2D eigenvalue weighted by molar-refractivity contribution is -0.388. The van der Waals surface area contributed by atoms with E-state index in [0.717, 1.165) is 12.8 Å². The average molecular weight is 268 g/mol. The van der Waals surface area contributed by atoms with E-state index >= 15 is 0 Å². The van der Waals surface area contributed by atoms with Gasteiger partial charge in [-0.05, 0) is 36.1 Å². The molecule has 1 atom stereocenters. The monoisotopic (exact) mass is 268 g/mol. The summed E-state index contributed by atoms with van der Waals surface area (Å²) in [5.74, 6) is -1.01. The highest BCUT2D eigenvalue weighted by atomic mass is 16.6. The summed E-state index contributed by atoms with van der Waals surface area (Å²) >= 11 is 0. The van der Waals surface area contributed by atoms with E-state index in [4.69, 9.17) is 0 Å². The van der Waals surface area contributed by atoms with Crippen LogP contribution in [0.3, 0.4) is 0 Å². The summed E-state index contributed by atoms with van der Waals surface area (Å²) in [5, 5.41) is 20.5. The number of nitrogens with zero attached hydrogens (tertiary/aromatic N) is 4. The molecule has 0 aliphatic carbocycles. The summed E-state index contributed by atoms with van der Waals surface area (Å²) in [6, 6.07) is 0. The molecule has 1 aliphatic heterocycles. The van der Waals surface area contributed by atoms with Crippen molar-refractivity contribution < 1.29 is 14.8 Å². The molecule has 1 aromatic heterocycles. The van der Waals surface area contributed by atoms with Crippen molar-refractivity contribution in [3.05, 3.63) is 16.4 Å². The first-order valence-corrected chi connectivity index (χ1v) is 6.04. The topological polar surface area (TPSA) is 101 Å². The number of aliphatic carboxylic acids is 1. The summed E-state index contributed by atoms with van der Waals surface area (Å²) in [6.07, 6.45) is 3.41. The van der Waals surface area contributed by atoms with Gasteiger partial charge in [-0.1, -0.05) is 0 Å². The first kappa shape index (κ1) is 13.3. The van der Waals surface area contributed by atoms with Crippen LogP contribution >= 0.6 is 0 Å². The lowest BCUT2D eigenvalue weighted by Crippen LogP contribution is -2.56. The molecule has 1 N–H and O–H groups in total. The van der Waals surface area contributed by atoms with Crippen LogP contribution in [0.4, 0.5) is 11.6 Å². The first-order chi connectivity index (χ1) is 8.88. The molecule has 104 valence electrons. The normalized spacial score (nSPS) is 23.4. The summed E-state index contributed by atoms with van der Waals surface area (Å²) in [6.45, 7) is 2.08. The molecule has 1 saturated heterocycles. The number of hydrogen-bond donors (Lipinski definition) is 1. The van der Waals surface area contributed by atoms with Crippen molar-refractivity contribution in [2.45, 2.75) is 31.7 Å². The lowest BCUT2D eigenvalue weighted by atomic mass is 9.88. The van der Waals surface area contributed by atoms with Crippen LogP contribution in [-0.4, -0.2) is 37.6 Å². The second-order valence-corrected chi connectivity index (χ2v) is 4.95. The highest BCUT2D eigenvalue weighted by Crippen LogP contribution is 2.37. The van der Waals surface area contributed by atoms with Gasteiger partial charge in [0.2, 0.25) is 12.1 Å². The molecule has 0 radical (unpaired) electrons. The van der Waals surface area contributed by atoms with Gasteiger partial charge in [0, 0.05) is 13.6 Å². The standard InChI is InChI=1S/C11H16N4O4/c1-11(10(16)17)5-3-4-6-14(11)9-8(15(18)19)12-7-13(9)2/h7H,3-6H2,1-2H3,(H,16,17). The highest BCUT2D eigenvalue weighted by Gasteiger charge is 2.45. The van der Waals surface area contributed by atoms with E-state index in [2.05, 4.69) is 4.98 Å². The summed E-state index contributed by atoms with van der Waals surface area (Å²) in [4.78, 5) is 27.3. The molecule has 1 fully saturated rings. The number of piperidine rings is 1. The van der Waals surface area contributed by atoms with E-state index in [1.807, 2.05) is 0 Å².